The summed E-state index contributed by atoms with van der Waals surface area (Å²) in [5.41, 5.74) is 1.23. The molecule has 1 fully saturated rings. The Morgan fingerprint density at radius 1 is 1.19 bits per heavy atom. The van der Waals surface area contributed by atoms with Crippen molar-refractivity contribution in [3.8, 4) is 0 Å². The highest BCUT2D eigenvalue weighted by molar-refractivity contribution is 5.68. The summed E-state index contributed by atoms with van der Waals surface area (Å²) in [7, 11) is 0. The van der Waals surface area contributed by atoms with Crippen LogP contribution in [0, 0.1) is 0 Å². The largest absolute Gasteiger partial charge is 0.444 e. The molecule has 1 saturated heterocycles. The topological polar surface area (TPSA) is 32.8 Å². The van der Waals surface area contributed by atoms with Crippen molar-refractivity contribution >= 4 is 6.09 Å². The van der Waals surface area contributed by atoms with Crippen LogP contribution in [-0.2, 0) is 4.74 Å². The van der Waals surface area contributed by atoms with E-state index in [2.05, 4.69) is 11.0 Å². The Kier molecular flexibility index (Phi) is 5.68. The first kappa shape index (κ1) is 16.3. The number of hydrogen-bond acceptors (Lipinski definition) is 3. The quantitative estimate of drug-likeness (QED) is 0.748. The zero-order chi connectivity index (χ0) is 15.3. The van der Waals surface area contributed by atoms with Crippen molar-refractivity contribution < 1.29 is 9.53 Å². The third-order valence-electron chi connectivity index (χ3n) is 4.16. The van der Waals surface area contributed by atoms with E-state index in [0.29, 0.717) is 0 Å². The molecule has 0 saturated carbocycles. The number of rotatable bonds is 3. The summed E-state index contributed by atoms with van der Waals surface area (Å²) in [6.07, 6.45) is 8.74. The van der Waals surface area contributed by atoms with Gasteiger partial charge in [-0.05, 0) is 52.9 Å². The highest BCUT2D eigenvalue weighted by Crippen LogP contribution is 2.20. The van der Waals surface area contributed by atoms with E-state index >= 15 is 0 Å². The Balaban J connectivity index is 1.68. The molecule has 120 valence electrons. The minimum Gasteiger partial charge on any atom is -0.444 e. The predicted molar refractivity (Wildman–Crippen MR) is 85.4 cm³/mol. The molecule has 1 amide bonds. The van der Waals surface area contributed by atoms with E-state index in [1.165, 1.54) is 32.1 Å². The van der Waals surface area contributed by atoms with Gasteiger partial charge in [0.25, 0.3) is 0 Å². The molecular weight excluding hydrogens is 264 g/mol. The highest BCUT2D eigenvalue weighted by Gasteiger charge is 2.25. The maximum Gasteiger partial charge on any atom is 0.410 e. The molecule has 0 aromatic rings. The summed E-state index contributed by atoms with van der Waals surface area (Å²) >= 11 is 0. The minimum absolute atomic E-state index is 0.169. The van der Waals surface area contributed by atoms with Gasteiger partial charge in [-0.3, -0.25) is 4.90 Å². The molecule has 2 rings (SSSR count). The summed E-state index contributed by atoms with van der Waals surface area (Å²) < 4.78 is 5.43. The molecule has 1 aliphatic carbocycles. The molecule has 0 N–H and O–H groups in total. The summed E-state index contributed by atoms with van der Waals surface area (Å²) in [6.45, 7) is 10.4. The number of hydrogen-bond donors (Lipinski definition) is 0. The normalized spacial score (nSPS) is 21.1. The van der Waals surface area contributed by atoms with Gasteiger partial charge >= 0.3 is 6.09 Å². The fraction of sp³-hybridized carbons (Fsp3) is 0.824. The first-order valence-corrected chi connectivity index (χ1v) is 8.32. The van der Waals surface area contributed by atoms with Crippen LogP contribution in [0.15, 0.2) is 11.6 Å². The number of allylic oxidation sites excluding steroid dienone is 1. The summed E-state index contributed by atoms with van der Waals surface area (Å²) in [5.74, 6) is 0. The van der Waals surface area contributed by atoms with E-state index in [1.807, 2.05) is 25.7 Å². The van der Waals surface area contributed by atoms with E-state index in [1.54, 1.807) is 5.57 Å². The van der Waals surface area contributed by atoms with Crippen molar-refractivity contribution in [1.82, 2.24) is 9.80 Å². The van der Waals surface area contributed by atoms with Crippen molar-refractivity contribution in [2.45, 2.75) is 58.5 Å². The molecule has 0 radical (unpaired) electrons. The zero-order valence-corrected chi connectivity index (χ0v) is 13.9. The molecule has 1 aliphatic heterocycles. The van der Waals surface area contributed by atoms with Crippen LogP contribution in [0.25, 0.3) is 0 Å². The van der Waals surface area contributed by atoms with Crippen LogP contribution in [0.5, 0.6) is 0 Å². The van der Waals surface area contributed by atoms with Crippen LogP contribution >= 0.6 is 0 Å². The Morgan fingerprint density at radius 3 is 2.48 bits per heavy atom. The van der Waals surface area contributed by atoms with Gasteiger partial charge in [-0.25, -0.2) is 4.79 Å². The first-order chi connectivity index (χ1) is 9.94. The SMILES string of the molecule is CC(C)(C)OC(=O)N1CCN(CCC2=CCCCC2)CC1. The van der Waals surface area contributed by atoms with Crippen LogP contribution in [0.4, 0.5) is 4.79 Å². The second kappa shape index (κ2) is 7.30. The van der Waals surface area contributed by atoms with Crippen molar-refractivity contribution in [1.29, 1.82) is 0 Å². The summed E-state index contributed by atoms with van der Waals surface area (Å²) in [5, 5.41) is 0. The molecule has 0 aromatic carbocycles. The lowest BCUT2D eigenvalue weighted by Gasteiger charge is -2.35. The molecule has 4 nitrogen and oxygen atoms in total. The molecule has 4 heteroatoms. The van der Waals surface area contributed by atoms with Gasteiger partial charge in [0.1, 0.15) is 5.60 Å². The second-order valence-corrected chi connectivity index (χ2v) is 7.17. The third kappa shape index (κ3) is 5.70. The van der Waals surface area contributed by atoms with Crippen LogP contribution < -0.4 is 0 Å². The Morgan fingerprint density at radius 2 is 1.90 bits per heavy atom. The monoisotopic (exact) mass is 294 g/mol. The van der Waals surface area contributed by atoms with Gasteiger partial charge in [0.05, 0.1) is 0 Å². The van der Waals surface area contributed by atoms with Crippen LogP contribution in [0.2, 0.25) is 0 Å². The fourth-order valence-electron chi connectivity index (χ4n) is 2.91. The molecule has 0 spiro atoms. The van der Waals surface area contributed by atoms with Crippen LogP contribution in [0.3, 0.4) is 0 Å². The van der Waals surface area contributed by atoms with Gasteiger partial charge in [0, 0.05) is 32.7 Å². The van der Waals surface area contributed by atoms with Gasteiger partial charge in [-0.2, -0.15) is 0 Å². The van der Waals surface area contributed by atoms with E-state index < -0.39 is 5.60 Å². The first-order valence-electron chi connectivity index (χ1n) is 8.32. The van der Waals surface area contributed by atoms with Crippen molar-refractivity contribution in [3.05, 3.63) is 11.6 Å². The third-order valence-corrected chi connectivity index (χ3v) is 4.16. The summed E-state index contributed by atoms with van der Waals surface area (Å²) in [6, 6.07) is 0. The van der Waals surface area contributed by atoms with Gasteiger partial charge < -0.3 is 9.64 Å². The van der Waals surface area contributed by atoms with Crippen molar-refractivity contribution in [3.63, 3.8) is 0 Å². The van der Waals surface area contributed by atoms with E-state index in [9.17, 15) is 4.79 Å². The van der Waals surface area contributed by atoms with Gasteiger partial charge in [0.15, 0.2) is 0 Å². The average Bonchev–Trinajstić information content (AvgIpc) is 2.45. The lowest BCUT2D eigenvalue weighted by Crippen LogP contribution is -2.50. The maximum absolute atomic E-state index is 12.0. The molecule has 0 bridgehead atoms. The highest BCUT2D eigenvalue weighted by atomic mass is 16.6. The molecule has 1 heterocycles. The van der Waals surface area contributed by atoms with Gasteiger partial charge in [-0.15, -0.1) is 0 Å². The second-order valence-electron chi connectivity index (χ2n) is 7.17. The Hall–Kier alpha value is -1.03. The molecule has 2 aliphatic rings. The molecule has 0 atom stereocenters. The predicted octanol–water partition coefficient (Wildman–Crippen LogP) is 3.43. The van der Waals surface area contributed by atoms with E-state index in [4.69, 9.17) is 4.74 Å². The lowest BCUT2D eigenvalue weighted by molar-refractivity contribution is 0.0146. The maximum atomic E-state index is 12.0. The number of carbonyl (C=O) groups excluding carboxylic acids is 1. The van der Waals surface area contributed by atoms with Crippen LogP contribution in [-0.4, -0.2) is 54.2 Å². The van der Waals surface area contributed by atoms with E-state index in [-0.39, 0.29) is 6.09 Å². The van der Waals surface area contributed by atoms with Crippen molar-refractivity contribution in [2.24, 2.45) is 0 Å². The average molecular weight is 294 g/mol. The fourth-order valence-corrected chi connectivity index (χ4v) is 2.91. The zero-order valence-electron chi connectivity index (χ0n) is 13.9. The molecule has 21 heavy (non-hydrogen) atoms. The van der Waals surface area contributed by atoms with E-state index in [0.717, 1.165) is 32.7 Å². The van der Waals surface area contributed by atoms with Crippen molar-refractivity contribution in [2.75, 3.05) is 32.7 Å². The van der Waals surface area contributed by atoms with Crippen LogP contribution in [0.1, 0.15) is 52.9 Å². The standard InChI is InChI=1S/C17H30N2O2/c1-17(2,3)21-16(20)19-13-11-18(12-14-19)10-9-15-7-5-4-6-8-15/h7H,4-6,8-14H2,1-3H3. The Labute approximate surface area is 129 Å². The molecular formula is C17H30N2O2. The number of ether oxygens (including phenoxy) is 1. The lowest BCUT2D eigenvalue weighted by atomic mass is 9.97. The Bertz CT molecular complexity index is 377. The van der Waals surface area contributed by atoms with Gasteiger partial charge in [0.2, 0.25) is 0 Å². The number of carbonyl (C=O) groups is 1. The summed E-state index contributed by atoms with van der Waals surface area (Å²) in [4.78, 5) is 16.3. The molecule has 0 unspecified atom stereocenters. The van der Waals surface area contributed by atoms with Gasteiger partial charge in [-0.1, -0.05) is 11.6 Å². The molecule has 0 aromatic heterocycles. The number of nitrogens with zero attached hydrogens (tertiary/aromatic N) is 2. The smallest absolute Gasteiger partial charge is 0.410 e. The number of piperazine rings is 1. The number of amides is 1. The minimum atomic E-state index is -0.401.